The zero-order chi connectivity index (χ0) is 33.8. The molecule has 242 valence electrons. The molecule has 0 saturated carbocycles. The number of aromatic carboxylic acids is 1. The average Bonchev–Trinajstić information content (AvgIpc) is 2.92. The Hall–Kier alpha value is -4.23. The molecule has 0 radical (unpaired) electrons. The number of phenols is 1. The van der Waals surface area contributed by atoms with Crippen LogP contribution in [0.4, 0.5) is 11.4 Å². The Kier molecular flexibility index (Phi) is 10.5. The van der Waals surface area contributed by atoms with Gasteiger partial charge in [-0.1, -0.05) is 24.3 Å². The van der Waals surface area contributed by atoms with Crippen molar-refractivity contribution in [3.05, 3.63) is 71.6 Å². The summed E-state index contributed by atoms with van der Waals surface area (Å²) in [7, 11) is -19.7. The van der Waals surface area contributed by atoms with Gasteiger partial charge >= 0.3 is 16.4 Å². The fourth-order valence-corrected chi connectivity index (χ4v) is 6.08. The van der Waals surface area contributed by atoms with Gasteiger partial charge in [-0.15, -0.1) is 20.5 Å². The molecule has 19 nitrogen and oxygen atoms in total. The Balaban J connectivity index is 2.14. The molecular formula is C22H20N4O15S4. The number of phenolic OH excluding ortho intramolecular Hbond substituents is 1. The van der Waals surface area contributed by atoms with Crippen LogP contribution >= 0.6 is 0 Å². The Bertz CT molecular complexity index is 2130. The summed E-state index contributed by atoms with van der Waals surface area (Å²) in [5.74, 6) is -4.42. The first-order valence-electron chi connectivity index (χ1n) is 11.6. The van der Waals surface area contributed by atoms with Crippen LogP contribution in [0, 0.1) is 0 Å². The van der Waals surface area contributed by atoms with E-state index in [4.69, 9.17) is 4.55 Å². The molecule has 0 bridgehead atoms. The van der Waals surface area contributed by atoms with Crippen LogP contribution in [0.15, 0.2) is 101 Å². The normalized spacial score (nSPS) is 15.6. The lowest BCUT2D eigenvalue weighted by atomic mass is 10.1. The minimum atomic E-state index is -5.29. The fraction of sp³-hybridized carbons (Fsp3) is 0.136. The lowest BCUT2D eigenvalue weighted by Crippen LogP contribution is -2.16. The molecule has 0 saturated heterocycles. The molecule has 1 aliphatic carbocycles. The third-order valence-corrected chi connectivity index (χ3v) is 9.26. The standard InChI is InChI=1S/C22H20N4O15S4/c27-20-18(11-15(12-19(20)44(35,36)37)42(30,31)9-8-41-45(38,39)40)24-26-21(13-4-2-1-3-5-13)25-23-17-7-6-14(43(32,33)34)10-16(17)22(28)29/h1-4,6-7,10-12,27H,5,8-9H2,(H,28,29)(H,32,33,34)(H,35,36,37)(H,38,39,40)/b21-13+,25-23?,26-24?. The number of carboxylic acids is 1. The number of benzene rings is 2. The van der Waals surface area contributed by atoms with Gasteiger partial charge in [0.1, 0.15) is 16.3 Å². The van der Waals surface area contributed by atoms with Gasteiger partial charge in [-0.25, -0.2) is 17.4 Å². The van der Waals surface area contributed by atoms with E-state index in [-0.39, 0.29) is 12.0 Å². The number of carboxylic acid groups (broad SMARTS) is 1. The largest absolute Gasteiger partial charge is 0.504 e. The number of hydrogen-bond donors (Lipinski definition) is 5. The highest BCUT2D eigenvalue weighted by atomic mass is 32.3. The van der Waals surface area contributed by atoms with Gasteiger partial charge in [-0.3, -0.25) is 13.7 Å². The Labute approximate surface area is 255 Å². The van der Waals surface area contributed by atoms with Gasteiger partial charge in [0.2, 0.25) is 0 Å². The molecule has 0 spiro atoms. The molecule has 3 rings (SSSR count). The van der Waals surface area contributed by atoms with Crippen LogP contribution in [-0.4, -0.2) is 75.9 Å². The summed E-state index contributed by atoms with van der Waals surface area (Å²) in [6, 6.07) is 3.34. The molecule has 5 N–H and O–H groups in total. The molecule has 0 unspecified atom stereocenters. The van der Waals surface area contributed by atoms with Gasteiger partial charge < -0.3 is 10.2 Å². The van der Waals surface area contributed by atoms with Gasteiger partial charge in [0.15, 0.2) is 21.4 Å². The van der Waals surface area contributed by atoms with E-state index in [1.54, 1.807) is 12.2 Å². The third kappa shape index (κ3) is 9.63. The number of hydrogen-bond acceptors (Lipinski definition) is 15. The monoisotopic (exact) mass is 708 g/mol. The predicted octanol–water partition coefficient (Wildman–Crippen LogP) is 2.77. The van der Waals surface area contributed by atoms with E-state index in [9.17, 15) is 57.8 Å². The smallest absolute Gasteiger partial charge is 0.397 e. The quantitative estimate of drug-likeness (QED) is 0.156. The Morgan fingerprint density at radius 3 is 2.00 bits per heavy atom. The van der Waals surface area contributed by atoms with Gasteiger partial charge in [0, 0.05) is 5.57 Å². The fourth-order valence-electron chi connectivity index (χ4n) is 3.35. The molecule has 0 aromatic heterocycles. The molecule has 2 aromatic carbocycles. The third-order valence-electron chi connectivity index (χ3n) is 5.42. The summed E-state index contributed by atoms with van der Waals surface area (Å²) in [6.07, 6.45) is 6.40. The van der Waals surface area contributed by atoms with Crippen LogP contribution in [0.3, 0.4) is 0 Å². The molecule has 45 heavy (non-hydrogen) atoms. The van der Waals surface area contributed by atoms with Crippen LogP contribution in [0.5, 0.6) is 5.75 Å². The average molecular weight is 709 g/mol. The van der Waals surface area contributed by atoms with Crippen molar-refractivity contribution in [2.24, 2.45) is 20.5 Å². The van der Waals surface area contributed by atoms with Crippen molar-refractivity contribution >= 4 is 57.8 Å². The van der Waals surface area contributed by atoms with Gasteiger partial charge in [0.25, 0.3) is 20.2 Å². The van der Waals surface area contributed by atoms with Gasteiger partial charge in [0.05, 0.1) is 27.7 Å². The molecule has 0 atom stereocenters. The van der Waals surface area contributed by atoms with Crippen molar-refractivity contribution in [1.82, 2.24) is 0 Å². The molecule has 0 fully saturated rings. The van der Waals surface area contributed by atoms with Crippen LogP contribution in [0.1, 0.15) is 16.8 Å². The molecule has 2 aromatic rings. The maximum absolute atomic E-state index is 12.7. The van der Waals surface area contributed by atoms with Crippen molar-refractivity contribution < 1.29 is 66.5 Å². The van der Waals surface area contributed by atoms with E-state index in [1.807, 2.05) is 0 Å². The minimum Gasteiger partial charge on any atom is -0.504 e. The molecule has 0 amide bonds. The number of carbonyl (C=O) groups is 1. The van der Waals surface area contributed by atoms with E-state index in [0.29, 0.717) is 18.2 Å². The molecule has 0 heterocycles. The molecule has 23 heteroatoms. The van der Waals surface area contributed by atoms with Crippen LogP contribution in [0.2, 0.25) is 0 Å². The SMILES string of the molecule is O=C(O)c1cc(S(=O)(=O)O)ccc1N=N/C(N=Nc1cc(S(=O)(=O)CCOS(=O)(=O)O)cc(S(=O)(=O)O)c1O)=C1/C=CC=CC1. The van der Waals surface area contributed by atoms with Crippen LogP contribution in [0.25, 0.3) is 0 Å². The maximum Gasteiger partial charge on any atom is 0.397 e. The summed E-state index contributed by atoms with van der Waals surface area (Å²) in [5, 5.41) is 34.9. The van der Waals surface area contributed by atoms with Crippen LogP contribution < -0.4 is 0 Å². The van der Waals surface area contributed by atoms with Gasteiger partial charge in [-0.05, 0) is 36.8 Å². The number of allylic oxidation sites excluding steroid dienone is 5. The van der Waals surface area contributed by atoms with E-state index in [1.165, 1.54) is 12.2 Å². The lowest BCUT2D eigenvalue weighted by molar-refractivity contribution is 0.0697. The number of nitrogens with zero attached hydrogens (tertiary/aromatic N) is 4. The van der Waals surface area contributed by atoms with Gasteiger partial charge in [-0.2, -0.15) is 25.3 Å². The minimum absolute atomic E-state index is 0.141. The summed E-state index contributed by atoms with van der Waals surface area (Å²) < 4.78 is 125. The second kappa shape index (κ2) is 13.4. The Morgan fingerprint density at radius 2 is 1.47 bits per heavy atom. The zero-order valence-corrected chi connectivity index (χ0v) is 25.3. The summed E-state index contributed by atoms with van der Waals surface area (Å²) in [5.41, 5.74) is -1.69. The lowest BCUT2D eigenvalue weighted by Gasteiger charge is -2.10. The zero-order valence-electron chi connectivity index (χ0n) is 22.1. The molecule has 1 aliphatic rings. The highest BCUT2D eigenvalue weighted by molar-refractivity contribution is 7.91. The predicted molar refractivity (Wildman–Crippen MR) is 150 cm³/mol. The highest BCUT2D eigenvalue weighted by Crippen LogP contribution is 2.37. The van der Waals surface area contributed by atoms with Crippen molar-refractivity contribution in [2.45, 2.75) is 21.1 Å². The number of sulfone groups is 1. The van der Waals surface area contributed by atoms with E-state index in [0.717, 1.165) is 12.1 Å². The second-order valence-corrected chi connectivity index (χ2v) is 14.5. The molecular weight excluding hydrogens is 689 g/mol. The summed E-state index contributed by atoms with van der Waals surface area (Å²) in [6.45, 7) is -1.10. The van der Waals surface area contributed by atoms with Crippen molar-refractivity contribution in [3.8, 4) is 5.75 Å². The van der Waals surface area contributed by atoms with E-state index in [2.05, 4.69) is 24.6 Å². The number of azo groups is 2. The van der Waals surface area contributed by atoms with Crippen molar-refractivity contribution in [2.75, 3.05) is 12.4 Å². The first-order chi connectivity index (χ1) is 20.7. The highest BCUT2D eigenvalue weighted by Gasteiger charge is 2.26. The number of aromatic hydroxyl groups is 1. The topological polar surface area (TPSA) is 313 Å². The molecule has 0 aliphatic heterocycles. The van der Waals surface area contributed by atoms with E-state index >= 15 is 0 Å². The van der Waals surface area contributed by atoms with Crippen LogP contribution in [-0.2, 0) is 44.7 Å². The first-order valence-corrected chi connectivity index (χ1v) is 17.5. The van der Waals surface area contributed by atoms with Crippen molar-refractivity contribution in [3.63, 3.8) is 0 Å². The van der Waals surface area contributed by atoms with E-state index < -0.39 is 102 Å². The summed E-state index contributed by atoms with van der Waals surface area (Å²) >= 11 is 0. The summed E-state index contributed by atoms with van der Waals surface area (Å²) in [4.78, 5) is 8.71. The Morgan fingerprint density at radius 1 is 0.822 bits per heavy atom. The maximum atomic E-state index is 12.7. The first kappa shape index (κ1) is 35.3. The second-order valence-electron chi connectivity index (χ2n) is 8.53. The number of rotatable bonds is 12. The van der Waals surface area contributed by atoms with Crippen molar-refractivity contribution in [1.29, 1.82) is 0 Å².